The van der Waals surface area contributed by atoms with Crippen molar-refractivity contribution in [2.45, 2.75) is 32.6 Å². The first-order chi connectivity index (χ1) is 11.0. The smallest absolute Gasteiger partial charge is 0.427 e. The van der Waals surface area contributed by atoms with Crippen LogP contribution in [0.25, 0.3) is 0 Å². The number of ether oxygens (including phenoxy) is 1. The van der Waals surface area contributed by atoms with E-state index in [1.165, 1.54) is 5.01 Å². The van der Waals surface area contributed by atoms with E-state index in [4.69, 9.17) is 4.74 Å². The first-order valence-corrected chi connectivity index (χ1v) is 7.34. The van der Waals surface area contributed by atoms with Gasteiger partial charge in [-0.25, -0.2) is 9.59 Å². The number of aliphatic hydroxyl groups is 1. The number of rotatable bonds is 5. The van der Waals surface area contributed by atoms with Crippen molar-refractivity contribution >= 4 is 12.0 Å². The molecule has 2 atom stereocenters. The molecule has 23 heavy (non-hydrogen) atoms. The van der Waals surface area contributed by atoms with Crippen molar-refractivity contribution in [3.05, 3.63) is 41.6 Å². The summed E-state index contributed by atoms with van der Waals surface area (Å²) < 4.78 is 5.19. The van der Waals surface area contributed by atoms with Gasteiger partial charge in [-0.15, -0.1) is 0 Å². The molecule has 0 aromatic heterocycles. The molecule has 2 rings (SSSR count). The zero-order valence-corrected chi connectivity index (χ0v) is 13.0. The van der Waals surface area contributed by atoms with Gasteiger partial charge in [0.05, 0.1) is 6.04 Å². The molecule has 7 heteroatoms. The average Bonchev–Trinajstić information content (AvgIpc) is 2.86. The van der Waals surface area contributed by atoms with Gasteiger partial charge in [0.1, 0.15) is 18.4 Å². The minimum Gasteiger partial charge on any atom is -0.464 e. The van der Waals surface area contributed by atoms with Crippen LogP contribution in [-0.2, 0) is 16.0 Å². The standard InChI is InChI=1S/C16H20N2O5/c1-11(2)14(9-19)18(16(21)22)17-10-23-15(20)13(17)8-12-6-4-3-5-7-12/h3-7,11,13,15,20H,8,10H2,1-2H3,(H,21,22). The van der Waals surface area contributed by atoms with Crippen LogP contribution in [0.1, 0.15) is 19.4 Å². The van der Waals surface area contributed by atoms with Crippen LogP contribution in [0.3, 0.4) is 0 Å². The summed E-state index contributed by atoms with van der Waals surface area (Å²) in [6, 6.07) is 8.75. The molecule has 1 aromatic rings. The topological polar surface area (TPSA) is 90.3 Å². The molecule has 0 radical (unpaired) electrons. The van der Waals surface area contributed by atoms with Gasteiger partial charge in [-0.05, 0) is 12.0 Å². The molecule has 0 spiro atoms. The van der Waals surface area contributed by atoms with Crippen LogP contribution in [0.4, 0.5) is 4.79 Å². The Labute approximate surface area is 134 Å². The molecule has 1 aliphatic rings. The predicted molar refractivity (Wildman–Crippen MR) is 81.6 cm³/mol. The lowest BCUT2D eigenvalue weighted by Crippen LogP contribution is -2.51. The van der Waals surface area contributed by atoms with Crippen LogP contribution >= 0.6 is 0 Å². The van der Waals surface area contributed by atoms with Gasteiger partial charge in [0, 0.05) is 5.92 Å². The summed E-state index contributed by atoms with van der Waals surface area (Å²) in [6.45, 7) is 3.29. The molecular formula is C16H20N2O5. The summed E-state index contributed by atoms with van der Waals surface area (Å²) >= 11 is 0. The van der Waals surface area contributed by atoms with Gasteiger partial charge in [-0.3, -0.25) is 0 Å². The lowest BCUT2D eigenvalue weighted by molar-refractivity contribution is -0.0676. The van der Waals surface area contributed by atoms with E-state index in [2.05, 4.69) is 0 Å². The fraction of sp³-hybridized carbons (Fsp3) is 0.438. The zero-order chi connectivity index (χ0) is 17.0. The Morgan fingerprint density at radius 3 is 2.61 bits per heavy atom. The summed E-state index contributed by atoms with van der Waals surface area (Å²) in [7, 11) is 0. The molecule has 1 amide bonds. The van der Waals surface area contributed by atoms with Crippen molar-refractivity contribution in [1.29, 1.82) is 0 Å². The van der Waals surface area contributed by atoms with Crippen LogP contribution in [0.5, 0.6) is 0 Å². The van der Waals surface area contributed by atoms with Crippen molar-refractivity contribution in [3.8, 4) is 0 Å². The van der Waals surface area contributed by atoms with Crippen LogP contribution in [0, 0.1) is 5.92 Å². The highest BCUT2D eigenvalue weighted by atomic mass is 16.6. The summed E-state index contributed by atoms with van der Waals surface area (Å²) in [5, 5.41) is 21.7. The van der Waals surface area contributed by atoms with E-state index in [1.807, 2.05) is 30.3 Å². The number of hydrogen-bond acceptors (Lipinski definition) is 5. The van der Waals surface area contributed by atoms with Crippen molar-refractivity contribution < 1.29 is 24.5 Å². The third-order valence-corrected chi connectivity index (χ3v) is 3.69. The summed E-state index contributed by atoms with van der Waals surface area (Å²) in [4.78, 5) is 22.8. The molecule has 1 aliphatic heterocycles. The Morgan fingerprint density at radius 1 is 1.43 bits per heavy atom. The Kier molecular flexibility index (Phi) is 5.52. The van der Waals surface area contributed by atoms with E-state index in [-0.39, 0.29) is 18.3 Å². The van der Waals surface area contributed by atoms with Crippen LogP contribution in [0.2, 0.25) is 0 Å². The third kappa shape index (κ3) is 3.78. The van der Waals surface area contributed by atoms with E-state index in [9.17, 15) is 19.8 Å². The number of nitrogens with zero attached hydrogens (tertiary/aromatic N) is 2. The Bertz CT molecular complexity index is 598. The number of hydrogen-bond donors (Lipinski definition) is 2. The fourth-order valence-corrected chi connectivity index (χ4v) is 2.53. The molecule has 2 N–H and O–H groups in total. The maximum Gasteiger partial charge on any atom is 0.427 e. The van der Waals surface area contributed by atoms with Crippen molar-refractivity contribution in [2.75, 3.05) is 6.73 Å². The number of amides is 1. The average molecular weight is 320 g/mol. The number of carbonyl (C=O) groups is 1. The number of carboxylic acid groups (broad SMARTS) is 1. The molecule has 0 saturated carbocycles. The summed E-state index contributed by atoms with van der Waals surface area (Å²) in [5.74, 6) is 1.36. The number of allylic oxidation sites excluding steroid dienone is 1. The number of benzene rings is 1. The van der Waals surface area contributed by atoms with Gasteiger partial charge in [0.25, 0.3) is 0 Å². The van der Waals surface area contributed by atoms with Gasteiger partial charge in [-0.2, -0.15) is 10.0 Å². The Morgan fingerprint density at radius 2 is 2.09 bits per heavy atom. The molecule has 1 saturated heterocycles. The monoisotopic (exact) mass is 320 g/mol. The predicted octanol–water partition coefficient (Wildman–Crippen LogP) is 1.47. The van der Waals surface area contributed by atoms with E-state index in [0.717, 1.165) is 10.6 Å². The molecule has 1 aromatic carbocycles. The molecule has 7 nitrogen and oxygen atoms in total. The molecule has 0 bridgehead atoms. The van der Waals surface area contributed by atoms with E-state index < -0.39 is 18.4 Å². The molecule has 124 valence electrons. The second-order valence-corrected chi connectivity index (χ2v) is 5.62. The maximum atomic E-state index is 11.6. The van der Waals surface area contributed by atoms with Gasteiger partial charge < -0.3 is 14.9 Å². The SMILES string of the molecule is CC(C)C(=C=O)N(C(=O)O)N1COC(O)C1Cc1ccccc1. The van der Waals surface area contributed by atoms with Crippen LogP contribution in [0.15, 0.2) is 36.0 Å². The highest BCUT2D eigenvalue weighted by Gasteiger charge is 2.41. The zero-order valence-electron chi connectivity index (χ0n) is 13.0. The fourth-order valence-electron chi connectivity index (χ4n) is 2.53. The van der Waals surface area contributed by atoms with E-state index >= 15 is 0 Å². The number of hydrazine groups is 1. The first-order valence-electron chi connectivity index (χ1n) is 7.34. The quantitative estimate of drug-likeness (QED) is 0.799. The minimum absolute atomic E-state index is 0.0201. The summed E-state index contributed by atoms with van der Waals surface area (Å²) in [5.41, 5.74) is 0.909. The maximum absolute atomic E-state index is 11.6. The molecule has 1 heterocycles. The lowest BCUT2D eigenvalue weighted by atomic mass is 10.1. The Hall–Kier alpha value is -2.18. The summed E-state index contributed by atoms with van der Waals surface area (Å²) in [6.07, 6.45) is -2.07. The van der Waals surface area contributed by atoms with Gasteiger partial charge in [0.2, 0.25) is 0 Å². The first kappa shape index (κ1) is 17.2. The second kappa shape index (κ2) is 7.39. The second-order valence-electron chi connectivity index (χ2n) is 5.62. The van der Waals surface area contributed by atoms with E-state index in [1.54, 1.807) is 19.8 Å². The largest absolute Gasteiger partial charge is 0.464 e. The van der Waals surface area contributed by atoms with Crippen LogP contribution in [-0.4, -0.2) is 51.3 Å². The van der Waals surface area contributed by atoms with Crippen molar-refractivity contribution in [3.63, 3.8) is 0 Å². The van der Waals surface area contributed by atoms with E-state index in [0.29, 0.717) is 6.42 Å². The molecular weight excluding hydrogens is 300 g/mol. The highest BCUT2D eigenvalue weighted by Crippen LogP contribution is 2.26. The Balaban J connectivity index is 2.30. The third-order valence-electron chi connectivity index (χ3n) is 3.69. The highest BCUT2D eigenvalue weighted by molar-refractivity contribution is 5.71. The van der Waals surface area contributed by atoms with Gasteiger partial charge in [-0.1, -0.05) is 44.2 Å². The van der Waals surface area contributed by atoms with Crippen molar-refractivity contribution in [2.24, 2.45) is 5.92 Å². The normalized spacial score (nSPS) is 21.2. The molecule has 0 aliphatic carbocycles. The minimum atomic E-state index is -1.31. The molecule has 2 unspecified atom stereocenters. The van der Waals surface area contributed by atoms with Gasteiger partial charge >= 0.3 is 6.09 Å². The number of carbonyl (C=O) groups excluding carboxylic acids is 1. The van der Waals surface area contributed by atoms with Crippen LogP contribution < -0.4 is 0 Å². The number of aliphatic hydroxyl groups excluding tert-OH is 1. The van der Waals surface area contributed by atoms with Gasteiger partial charge in [0.15, 0.2) is 6.29 Å². The van der Waals surface area contributed by atoms with Crippen molar-refractivity contribution in [1.82, 2.24) is 10.0 Å². The molecule has 1 fully saturated rings. The lowest BCUT2D eigenvalue weighted by Gasteiger charge is -2.34.